The molecule has 0 aromatic carbocycles. The maximum Gasteiger partial charge on any atom is 0.330 e. The smallest absolute Gasteiger partial charge is 0.330 e. The lowest BCUT2D eigenvalue weighted by Crippen LogP contribution is -1.98. The highest BCUT2D eigenvalue weighted by Gasteiger charge is 2.02. The molecule has 118 valence electrons. The molecule has 0 unspecified atom stereocenters. The Morgan fingerprint density at radius 3 is 1.45 bits per heavy atom. The van der Waals surface area contributed by atoms with E-state index in [9.17, 15) is 4.79 Å². The number of hydrogen-bond acceptors (Lipinski definition) is 1. The normalized spacial score (nSPS) is 10.7. The van der Waals surface area contributed by atoms with Crippen molar-refractivity contribution in [2.75, 3.05) is 0 Å². The van der Waals surface area contributed by atoms with Crippen LogP contribution in [0.3, 0.4) is 0 Å². The van der Waals surface area contributed by atoms with Crippen LogP contribution in [0.25, 0.3) is 0 Å². The Bertz CT molecular complexity index is 246. The standard InChI is InChI=1S/C18H34O2/c1-3-4-5-6-7-8-9-10-11-12-13-14-15-16-17(2)18(19)20/h2-16H2,1H3,(H,19,20). The van der Waals surface area contributed by atoms with E-state index in [2.05, 4.69) is 13.5 Å². The number of unbranched alkanes of at least 4 members (excludes halogenated alkanes) is 12. The Hall–Kier alpha value is -0.790. The molecule has 0 aliphatic rings. The van der Waals surface area contributed by atoms with Gasteiger partial charge >= 0.3 is 5.97 Å². The van der Waals surface area contributed by atoms with Crippen LogP contribution in [-0.4, -0.2) is 11.1 Å². The fraction of sp³-hybridized carbons (Fsp3) is 0.833. The zero-order chi connectivity index (χ0) is 15.1. The monoisotopic (exact) mass is 282 g/mol. The first-order valence-corrected chi connectivity index (χ1v) is 8.59. The van der Waals surface area contributed by atoms with E-state index in [0.717, 1.165) is 12.8 Å². The van der Waals surface area contributed by atoms with Gasteiger partial charge in [0.05, 0.1) is 0 Å². The van der Waals surface area contributed by atoms with Gasteiger partial charge < -0.3 is 5.11 Å². The van der Waals surface area contributed by atoms with Crippen molar-refractivity contribution in [1.82, 2.24) is 0 Å². The summed E-state index contributed by atoms with van der Waals surface area (Å²) in [6, 6.07) is 0. The van der Waals surface area contributed by atoms with Gasteiger partial charge in [0.25, 0.3) is 0 Å². The molecule has 1 N–H and O–H groups in total. The average molecular weight is 282 g/mol. The average Bonchev–Trinajstić information content (AvgIpc) is 2.43. The molecule has 20 heavy (non-hydrogen) atoms. The molecule has 0 aromatic heterocycles. The number of carbonyl (C=O) groups is 1. The van der Waals surface area contributed by atoms with Gasteiger partial charge in [0.15, 0.2) is 0 Å². The molecule has 0 fully saturated rings. The molecule has 0 heterocycles. The molecule has 2 nitrogen and oxygen atoms in total. The number of carboxylic acid groups (broad SMARTS) is 1. The zero-order valence-corrected chi connectivity index (χ0v) is 13.5. The SMILES string of the molecule is C=C(CCCCCCCCCCCCCCC)C(=O)O. The van der Waals surface area contributed by atoms with Crippen LogP contribution in [0.15, 0.2) is 12.2 Å². The van der Waals surface area contributed by atoms with E-state index in [1.54, 1.807) is 0 Å². The third kappa shape index (κ3) is 13.6. The Morgan fingerprint density at radius 1 is 0.750 bits per heavy atom. The minimum Gasteiger partial charge on any atom is -0.478 e. The van der Waals surface area contributed by atoms with Crippen LogP contribution in [-0.2, 0) is 4.79 Å². The van der Waals surface area contributed by atoms with E-state index < -0.39 is 5.97 Å². The lowest BCUT2D eigenvalue weighted by Gasteiger charge is -2.03. The first-order chi connectivity index (χ1) is 9.68. The molecule has 0 saturated heterocycles. The van der Waals surface area contributed by atoms with Crippen LogP contribution >= 0.6 is 0 Å². The number of rotatable bonds is 15. The molecule has 2 heteroatoms. The van der Waals surface area contributed by atoms with Crippen molar-refractivity contribution in [1.29, 1.82) is 0 Å². The van der Waals surface area contributed by atoms with Gasteiger partial charge in [-0.3, -0.25) is 0 Å². The van der Waals surface area contributed by atoms with Crippen LogP contribution < -0.4 is 0 Å². The van der Waals surface area contributed by atoms with E-state index in [1.165, 1.54) is 70.6 Å². The minimum absolute atomic E-state index is 0.355. The van der Waals surface area contributed by atoms with E-state index in [-0.39, 0.29) is 0 Å². The zero-order valence-electron chi connectivity index (χ0n) is 13.5. The Morgan fingerprint density at radius 2 is 1.10 bits per heavy atom. The molecule has 0 radical (unpaired) electrons. The van der Waals surface area contributed by atoms with Crippen LogP contribution in [0.2, 0.25) is 0 Å². The van der Waals surface area contributed by atoms with Crippen molar-refractivity contribution < 1.29 is 9.90 Å². The topological polar surface area (TPSA) is 37.3 Å². The first kappa shape index (κ1) is 19.2. The molecule has 0 aromatic rings. The van der Waals surface area contributed by atoms with Gasteiger partial charge in [0, 0.05) is 5.57 Å². The van der Waals surface area contributed by atoms with Crippen molar-refractivity contribution in [3.05, 3.63) is 12.2 Å². The van der Waals surface area contributed by atoms with Crippen molar-refractivity contribution >= 4 is 5.97 Å². The summed E-state index contributed by atoms with van der Waals surface area (Å²) in [6.45, 7) is 5.81. The van der Waals surface area contributed by atoms with E-state index in [0.29, 0.717) is 12.0 Å². The second-order valence-electron chi connectivity index (χ2n) is 5.90. The summed E-state index contributed by atoms with van der Waals surface area (Å²) < 4.78 is 0. The Balaban J connectivity index is 3.06. The summed E-state index contributed by atoms with van der Waals surface area (Å²) in [5.41, 5.74) is 0.355. The summed E-state index contributed by atoms with van der Waals surface area (Å²) in [4.78, 5) is 10.5. The molecule has 0 aliphatic heterocycles. The largest absolute Gasteiger partial charge is 0.478 e. The van der Waals surface area contributed by atoms with E-state index >= 15 is 0 Å². The van der Waals surface area contributed by atoms with E-state index in [4.69, 9.17) is 5.11 Å². The molecule has 0 amide bonds. The number of hydrogen-bond donors (Lipinski definition) is 1. The second-order valence-corrected chi connectivity index (χ2v) is 5.90. The fourth-order valence-corrected chi connectivity index (χ4v) is 2.46. The van der Waals surface area contributed by atoms with Crippen LogP contribution in [0.4, 0.5) is 0 Å². The number of aliphatic carboxylic acids is 1. The second kappa shape index (κ2) is 14.6. The van der Waals surface area contributed by atoms with Crippen molar-refractivity contribution in [2.45, 2.75) is 96.8 Å². The molecule has 0 rings (SSSR count). The van der Waals surface area contributed by atoms with Gasteiger partial charge in [-0.05, 0) is 12.8 Å². The molecule has 0 spiro atoms. The van der Waals surface area contributed by atoms with Gasteiger partial charge in [-0.25, -0.2) is 4.79 Å². The third-order valence-corrected chi connectivity index (χ3v) is 3.88. The van der Waals surface area contributed by atoms with Crippen molar-refractivity contribution in [3.63, 3.8) is 0 Å². The molecule has 0 aliphatic carbocycles. The highest BCUT2D eigenvalue weighted by Crippen LogP contribution is 2.14. The third-order valence-electron chi connectivity index (χ3n) is 3.88. The van der Waals surface area contributed by atoms with Crippen molar-refractivity contribution in [2.24, 2.45) is 0 Å². The lowest BCUT2D eigenvalue weighted by molar-refractivity contribution is -0.132. The summed E-state index contributed by atoms with van der Waals surface area (Å²) >= 11 is 0. The van der Waals surface area contributed by atoms with Gasteiger partial charge in [-0.15, -0.1) is 0 Å². The molecular weight excluding hydrogens is 248 g/mol. The predicted octanol–water partition coefficient (Wildman–Crippen LogP) is 6.11. The van der Waals surface area contributed by atoms with Gasteiger partial charge in [-0.1, -0.05) is 90.6 Å². The summed E-state index contributed by atoms with van der Waals surface area (Å²) in [5, 5.41) is 8.67. The van der Waals surface area contributed by atoms with Gasteiger partial charge in [0.1, 0.15) is 0 Å². The van der Waals surface area contributed by atoms with Crippen LogP contribution in [0.5, 0.6) is 0 Å². The van der Waals surface area contributed by atoms with Gasteiger partial charge in [-0.2, -0.15) is 0 Å². The molecule has 0 bridgehead atoms. The Kier molecular flexibility index (Phi) is 14.0. The molecule has 0 saturated carbocycles. The summed E-state index contributed by atoms with van der Waals surface area (Å²) in [7, 11) is 0. The maximum absolute atomic E-state index is 10.5. The predicted molar refractivity (Wildman–Crippen MR) is 87.1 cm³/mol. The van der Waals surface area contributed by atoms with Crippen molar-refractivity contribution in [3.8, 4) is 0 Å². The minimum atomic E-state index is -0.844. The molecule has 0 atom stereocenters. The highest BCUT2D eigenvalue weighted by atomic mass is 16.4. The maximum atomic E-state index is 10.5. The first-order valence-electron chi connectivity index (χ1n) is 8.59. The van der Waals surface area contributed by atoms with Crippen LogP contribution in [0.1, 0.15) is 96.8 Å². The van der Waals surface area contributed by atoms with E-state index in [1.807, 2.05) is 0 Å². The summed E-state index contributed by atoms with van der Waals surface area (Å²) in [6.07, 6.45) is 17.8. The Labute approximate surface area is 125 Å². The summed E-state index contributed by atoms with van der Waals surface area (Å²) in [5.74, 6) is -0.844. The highest BCUT2D eigenvalue weighted by molar-refractivity contribution is 5.85. The lowest BCUT2D eigenvalue weighted by atomic mass is 10.0. The fourth-order valence-electron chi connectivity index (χ4n) is 2.46. The number of carboxylic acids is 1. The van der Waals surface area contributed by atoms with Gasteiger partial charge in [0.2, 0.25) is 0 Å². The van der Waals surface area contributed by atoms with Crippen LogP contribution in [0, 0.1) is 0 Å². The quantitative estimate of drug-likeness (QED) is 0.291. The molecular formula is C18H34O2.